The lowest BCUT2D eigenvalue weighted by molar-refractivity contribution is -0.140. The summed E-state index contributed by atoms with van der Waals surface area (Å²) in [5, 5.41) is 14.9. The monoisotopic (exact) mass is 318 g/mol. The number of aryl methyl sites for hydroxylation is 1. The van der Waals surface area contributed by atoms with Crippen molar-refractivity contribution in [3.63, 3.8) is 0 Å². The Morgan fingerprint density at radius 3 is 2.70 bits per heavy atom. The molecule has 1 aliphatic carbocycles. The third-order valence-corrected chi connectivity index (χ3v) is 4.73. The molecule has 1 aromatic carbocycles. The average Bonchev–Trinajstić information content (AvgIpc) is 2.93. The summed E-state index contributed by atoms with van der Waals surface area (Å²) in [4.78, 5) is 23.8. The first-order chi connectivity index (χ1) is 11.0. The fourth-order valence-electron chi connectivity index (χ4n) is 3.11. The van der Waals surface area contributed by atoms with Crippen LogP contribution in [0, 0.1) is 5.41 Å². The van der Waals surface area contributed by atoms with E-state index < -0.39 is 11.8 Å². The van der Waals surface area contributed by atoms with E-state index in [0.717, 1.165) is 32.1 Å². The second kappa shape index (κ2) is 8.11. The Labute approximate surface area is 137 Å². The minimum absolute atomic E-state index is 0.0244. The molecule has 126 valence electrons. The summed E-state index contributed by atoms with van der Waals surface area (Å²) < 4.78 is 0. The zero-order chi connectivity index (χ0) is 16.7. The quantitative estimate of drug-likeness (QED) is 0.548. The second-order valence-corrected chi connectivity index (χ2v) is 6.58. The highest BCUT2D eigenvalue weighted by Gasteiger charge is 2.39. The fourth-order valence-corrected chi connectivity index (χ4v) is 3.11. The molecule has 0 heterocycles. The number of aliphatic hydroxyl groups excluding tert-OH is 1. The van der Waals surface area contributed by atoms with Crippen molar-refractivity contribution >= 4 is 11.8 Å². The van der Waals surface area contributed by atoms with Crippen molar-refractivity contribution in [1.29, 1.82) is 0 Å². The summed E-state index contributed by atoms with van der Waals surface area (Å²) in [5.41, 5.74) is 0.902. The molecular formula is C18H26N2O3. The van der Waals surface area contributed by atoms with Gasteiger partial charge in [0.1, 0.15) is 0 Å². The van der Waals surface area contributed by atoms with Crippen LogP contribution < -0.4 is 10.6 Å². The van der Waals surface area contributed by atoms with Crippen LogP contribution in [0.3, 0.4) is 0 Å². The fraction of sp³-hybridized carbons (Fsp3) is 0.556. The van der Waals surface area contributed by atoms with Crippen molar-refractivity contribution in [3.8, 4) is 0 Å². The van der Waals surface area contributed by atoms with Crippen molar-refractivity contribution in [2.45, 2.75) is 45.1 Å². The van der Waals surface area contributed by atoms with Gasteiger partial charge in [0.15, 0.2) is 0 Å². The number of amides is 2. The van der Waals surface area contributed by atoms with Crippen LogP contribution in [-0.2, 0) is 16.0 Å². The summed E-state index contributed by atoms with van der Waals surface area (Å²) in [5.74, 6) is -1.19. The summed E-state index contributed by atoms with van der Waals surface area (Å²) in [6, 6.07) is 9.91. The Balaban J connectivity index is 1.70. The van der Waals surface area contributed by atoms with Gasteiger partial charge in [-0.3, -0.25) is 9.59 Å². The smallest absolute Gasteiger partial charge is 0.309 e. The van der Waals surface area contributed by atoms with Gasteiger partial charge in [0.2, 0.25) is 0 Å². The van der Waals surface area contributed by atoms with Crippen LogP contribution in [0.5, 0.6) is 0 Å². The Morgan fingerprint density at radius 2 is 2.00 bits per heavy atom. The zero-order valence-electron chi connectivity index (χ0n) is 13.7. The largest absolute Gasteiger partial charge is 0.396 e. The van der Waals surface area contributed by atoms with E-state index in [1.807, 2.05) is 37.3 Å². The molecule has 2 atom stereocenters. The lowest BCUT2D eigenvalue weighted by Gasteiger charge is -2.29. The van der Waals surface area contributed by atoms with Gasteiger partial charge < -0.3 is 15.7 Å². The van der Waals surface area contributed by atoms with Crippen LogP contribution in [0.15, 0.2) is 30.3 Å². The van der Waals surface area contributed by atoms with Gasteiger partial charge >= 0.3 is 11.8 Å². The van der Waals surface area contributed by atoms with E-state index in [1.54, 1.807) is 0 Å². The van der Waals surface area contributed by atoms with E-state index in [9.17, 15) is 14.7 Å². The zero-order valence-corrected chi connectivity index (χ0v) is 13.7. The molecule has 1 fully saturated rings. The van der Waals surface area contributed by atoms with Crippen molar-refractivity contribution < 1.29 is 14.7 Å². The van der Waals surface area contributed by atoms with Crippen LogP contribution in [0.4, 0.5) is 0 Å². The van der Waals surface area contributed by atoms with Crippen molar-refractivity contribution in [2.75, 3.05) is 13.2 Å². The minimum Gasteiger partial charge on any atom is -0.396 e. The number of hydrogen-bond donors (Lipinski definition) is 3. The van der Waals surface area contributed by atoms with Gasteiger partial charge in [-0.25, -0.2) is 0 Å². The van der Waals surface area contributed by atoms with Gasteiger partial charge in [-0.05, 0) is 31.2 Å². The molecule has 5 nitrogen and oxygen atoms in total. The number of carbonyl (C=O) groups is 2. The van der Waals surface area contributed by atoms with Gasteiger partial charge in [0.05, 0.1) is 6.61 Å². The molecule has 0 aromatic heterocycles. The second-order valence-electron chi connectivity index (χ2n) is 6.58. The summed E-state index contributed by atoms with van der Waals surface area (Å²) in [6.45, 7) is 2.45. The maximum absolute atomic E-state index is 12.0. The van der Waals surface area contributed by atoms with Crippen molar-refractivity contribution in [3.05, 3.63) is 35.9 Å². The number of hydrogen-bond acceptors (Lipinski definition) is 3. The standard InChI is InChI=1S/C18H26N2O3/c1-18(13-21)11-5-10-15(18)20-17(23)16(22)19-12-6-9-14-7-3-2-4-8-14/h2-4,7-8,15,21H,5-6,9-13H2,1H3,(H,19,22)(H,20,23). The Kier molecular flexibility index (Phi) is 6.16. The lowest BCUT2D eigenvalue weighted by atomic mass is 9.86. The highest BCUT2D eigenvalue weighted by molar-refractivity contribution is 6.35. The van der Waals surface area contributed by atoms with E-state index in [1.165, 1.54) is 5.56 Å². The van der Waals surface area contributed by atoms with Gasteiger partial charge in [0, 0.05) is 18.0 Å². The average molecular weight is 318 g/mol. The van der Waals surface area contributed by atoms with E-state index in [4.69, 9.17) is 0 Å². The van der Waals surface area contributed by atoms with E-state index in [-0.39, 0.29) is 18.1 Å². The van der Waals surface area contributed by atoms with E-state index in [0.29, 0.717) is 6.54 Å². The molecule has 2 unspecified atom stereocenters. The molecule has 0 aliphatic heterocycles. The predicted molar refractivity (Wildman–Crippen MR) is 88.7 cm³/mol. The molecule has 0 spiro atoms. The van der Waals surface area contributed by atoms with Crippen LogP contribution in [0.1, 0.15) is 38.2 Å². The van der Waals surface area contributed by atoms with Crippen molar-refractivity contribution in [2.24, 2.45) is 5.41 Å². The van der Waals surface area contributed by atoms with Gasteiger partial charge in [0.25, 0.3) is 0 Å². The molecule has 2 amide bonds. The molecule has 0 radical (unpaired) electrons. The molecule has 3 N–H and O–H groups in total. The van der Waals surface area contributed by atoms with Gasteiger partial charge in [-0.15, -0.1) is 0 Å². The van der Waals surface area contributed by atoms with Crippen LogP contribution >= 0.6 is 0 Å². The summed E-state index contributed by atoms with van der Waals surface area (Å²) in [6.07, 6.45) is 4.30. The van der Waals surface area contributed by atoms with Gasteiger partial charge in [-0.1, -0.05) is 43.7 Å². The third-order valence-electron chi connectivity index (χ3n) is 4.73. The molecule has 2 rings (SSSR count). The highest BCUT2D eigenvalue weighted by Crippen LogP contribution is 2.37. The first-order valence-corrected chi connectivity index (χ1v) is 8.28. The van der Waals surface area contributed by atoms with Crippen LogP contribution in [0.25, 0.3) is 0 Å². The van der Waals surface area contributed by atoms with E-state index >= 15 is 0 Å². The SMILES string of the molecule is CC1(CO)CCCC1NC(=O)C(=O)NCCCc1ccccc1. The first-order valence-electron chi connectivity index (χ1n) is 8.28. The predicted octanol–water partition coefficient (Wildman–Crippen LogP) is 1.40. The maximum atomic E-state index is 12.0. The molecule has 0 saturated heterocycles. The molecule has 1 saturated carbocycles. The third kappa shape index (κ3) is 4.79. The molecule has 0 bridgehead atoms. The lowest BCUT2D eigenvalue weighted by Crippen LogP contribution is -2.50. The number of rotatable bonds is 6. The normalized spacial score (nSPS) is 23.5. The summed E-state index contributed by atoms with van der Waals surface area (Å²) in [7, 11) is 0. The summed E-state index contributed by atoms with van der Waals surface area (Å²) >= 11 is 0. The van der Waals surface area contributed by atoms with Crippen LogP contribution in [0.2, 0.25) is 0 Å². The number of carbonyl (C=O) groups excluding carboxylic acids is 2. The van der Waals surface area contributed by atoms with Crippen LogP contribution in [-0.4, -0.2) is 36.1 Å². The highest BCUT2D eigenvalue weighted by atomic mass is 16.3. The van der Waals surface area contributed by atoms with Gasteiger partial charge in [-0.2, -0.15) is 0 Å². The molecular weight excluding hydrogens is 292 g/mol. The number of aliphatic hydroxyl groups is 1. The Hall–Kier alpha value is -1.88. The Morgan fingerprint density at radius 1 is 1.26 bits per heavy atom. The topological polar surface area (TPSA) is 78.4 Å². The maximum Gasteiger partial charge on any atom is 0.309 e. The molecule has 23 heavy (non-hydrogen) atoms. The number of benzene rings is 1. The van der Waals surface area contributed by atoms with E-state index in [2.05, 4.69) is 10.6 Å². The number of nitrogens with one attached hydrogen (secondary N) is 2. The molecule has 1 aliphatic rings. The molecule has 5 heteroatoms. The first kappa shape index (κ1) is 17.5. The molecule has 1 aromatic rings. The minimum atomic E-state index is -0.601. The van der Waals surface area contributed by atoms with Crippen molar-refractivity contribution in [1.82, 2.24) is 10.6 Å². The Bertz CT molecular complexity index is 532.